The summed E-state index contributed by atoms with van der Waals surface area (Å²) in [5, 5.41) is 0. The number of carbonyl (C=O) groups excluding carboxylic acids is 2. The van der Waals surface area contributed by atoms with Gasteiger partial charge in [-0.3, -0.25) is 9.59 Å². The molecule has 6 rings (SSSR count). The zero-order chi connectivity index (χ0) is 31.1. The number of hydrogen-bond donors (Lipinski definition) is 0. The van der Waals surface area contributed by atoms with Crippen LogP contribution in [0.5, 0.6) is 11.5 Å². The molecule has 44 heavy (non-hydrogen) atoms. The van der Waals surface area contributed by atoms with Crippen LogP contribution in [0.25, 0.3) is 56.2 Å². The zero-order valence-electron chi connectivity index (χ0n) is 22.9. The number of rotatable bonds is 9. The SMILES string of the molecule is Cc1c(-c2nc3cc(C=O)c(OC(F)F)cc3o2)cccc1-c1cccc(-c2nc3cc(C=O)c(OC(F)F)cc3o2)c1C. The quantitative estimate of drug-likeness (QED) is 0.120. The molecular weight excluding hydrogens is 584 g/mol. The normalized spacial score (nSPS) is 11.5. The van der Waals surface area contributed by atoms with Crippen molar-refractivity contribution in [3.63, 3.8) is 0 Å². The first-order valence-electron chi connectivity index (χ1n) is 13.1. The van der Waals surface area contributed by atoms with Crippen LogP contribution in [-0.4, -0.2) is 35.8 Å². The highest BCUT2D eigenvalue weighted by Crippen LogP contribution is 2.39. The van der Waals surface area contributed by atoms with E-state index < -0.39 is 13.2 Å². The van der Waals surface area contributed by atoms with E-state index in [4.69, 9.17) is 8.83 Å². The summed E-state index contributed by atoms with van der Waals surface area (Å²) in [7, 11) is 0. The molecule has 0 fully saturated rings. The second-order valence-corrected chi connectivity index (χ2v) is 9.70. The lowest BCUT2D eigenvalue weighted by atomic mass is 9.91. The van der Waals surface area contributed by atoms with Crippen molar-refractivity contribution in [2.75, 3.05) is 0 Å². The van der Waals surface area contributed by atoms with E-state index in [1.807, 2.05) is 38.1 Å². The van der Waals surface area contributed by atoms with Gasteiger partial charge in [0, 0.05) is 23.3 Å². The summed E-state index contributed by atoms with van der Waals surface area (Å²) >= 11 is 0. The number of fused-ring (bicyclic) bond motifs is 2. The zero-order valence-corrected chi connectivity index (χ0v) is 22.9. The van der Waals surface area contributed by atoms with Crippen LogP contribution in [0.2, 0.25) is 0 Å². The Morgan fingerprint density at radius 2 is 1.02 bits per heavy atom. The predicted octanol–water partition coefficient (Wildman–Crippen LogP) is 8.41. The van der Waals surface area contributed by atoms with Gasteiger partial charge >= 0.3 is 13.2 Å². The van der Waals surface area contributed by atoms with Crippen LogP contribution < -0.4 is 9.47 Å². The van der Waals surface area contributed by atoms with Gasteiger partial charge in [0.15, 0.2) is 23.7 Å². The summed E-state index contributed by atoms with van der Waals surface area (Å²) in [6.07, 6.45) is 0.808. The fraction of sp³-hybridized carbons (Fsp3) is 0.125. The Kier molecular flexibility index (Phi) is 7.33. The highest BCUT2D eigenvalue weighted by molar-refractivity contribution is 5.91. The molecule has 222 valence electrons. The van der Waals surface area contributed by atoms with E-state index in [1.165, 1.54) is 24.3 Å². The number of alkyl halides is 4. The maximum atomic E-state index is 12.8. The topological polar surface area (TPSA) is 105 Å². The van der Waals surface area contributed by atoms with Gasteiger partial charge in [-0.1, -0.05) is 24.3 Å². The van der Waals surface area contributed by atoms with Crippen molar-refractivity contribution >= 4 is 34.8 Å². The maximum absolute atomic E-state index is 12.8. The third kappa shape index (κ3) is 5.14. The lowest BCUT2D eigenvalue weighted by Gasteiger charge is -2.14. The second kappa shape index (κ2) is 11.3. The number of aldehydes is 2. The smallest absolute Gasteiger partial charge is 0.387 e. The molecule has 2 heterocycles. The average molecular weight is 605 g/mol. The van der Waals surface area contributed by atoms with Crippen molar-refractivity contribution in [1.82, 2.24) is 9.97 Å². The molecule has 0 N–H and O–H groups in total. The molecule has 2 aromatic heterocycles. The lowest BCUT2D eigenvalue weighted by Crippen LogP contribution is -2.04. The minimum atomic E-state index is -3.12. The van der Waals surface area contributed by atoms with E-state index in [0.717, 1.165) is 22.3 Å². The van der Waals surface area contributed by atoms with Crippen molar-refractivity contribution < 1.29 is 45.5 Å². The number of ether oxygens (including phenoxy) is 2. The molecular formula is C32H20F4N2O6. The third-order valence-electron chi connectivity index (χ3n) is 7.14. The Labute approximate surface area is 245 Å². The van der Waals surface area contributed by atoms with Gasteiger partial charge in [-0.2, -0.15) is 17.6 Å². The summed E-state index contributed by atoms with van der Waals surface area (Å²) < 4.78 is 72.1. The van der Waals surface area contributed by atoms with Gasteiger partial charge in [0.25, 0.3) is 0 Å². The van der Waals surface area contributed by atoms with Gasteiger partial charge in [0.1, 0.15) is 22.5 Å². The van der Waals surface area contributed by atoms with Crippen LogP contribution in [0, 0.1) is 13.8 Å². The van der Waals surface area contributed by atoms with Crippen molar-refractivity contribution in [2.24, 2.45) is 0 Å². The molecule has 0 spiro atoms. The summed E-state index contributed by atoms with van der Waals surface area (Å²) in [4.78, 5) is 31.8. The molecule has 0 unspecified atom stereocenters. The summed E-state index contributed by atoms with van der Waals surface area (Å²) in [5.74, 6) is -0.207. The summed E-state index contributed by atoms with van der Waals surface area (Å²) in [6, 6.07) is 16.1. The largest absolute Gasteiger partial charge is 0.436 e. The molecule has 0 atom stereocenters. The second-order valence-electron chi connectivity index (χ2n) is 9.70. The van der Waals surface area contributed by atoms with Crippen LogP contribution in [-0.2, 0) is 0 Å². The van der Waals surface area contributed by atoms with Gasteiger partial charge in [-0.15, -0.1) is 0 Å². The number of benzene rings is 4. The lowest BCUT2D eigenvalue weighted by molar-refractivity contribution is -0.0507. The Morgan fingerprint density at radius 1 is 0.636 bits per heavy atom. The third-order valence-corrected chi connectivity index (χ3v) is 7.14. The van der Waals surface area contributed by atoms with Gasteiger partial charge in [0.2, 0.25) is 11.8 Å². The molecule has 0 aliphatic heterocycles. The summed E-state index contributed by atoms with van der Waals surface area (Å²) in [6.45, 7) is -2.49. The number of aromatic nitrogens is 2. The van der Waals surface area contributed by atoms with Crippen molar-refractivity contribution in [1.29, 1.82) is 0 Å². The molecule has 0 saturated carbocycles. The first-order chi connectivity index (χ1) is 21.2. The molecule has 0 bridgehead atoms. The molecule has 0 aliphatic carbocycles. The molecule has 12 heteroatoms. The van der Waals surface area contributed by atoms with E-state index in [0.29, 0.717) is 34.7 Å². The highest BCUT2D eigenvalue weighted by Gasteiger charge is 2.21. The Hall–Kier alpha value is -5.52. The monoisotopic (exact) mass is 604 g/mol. The van der Waals surface area contributed by atoms with E-state index in [1.54, 1.807) is 12.1 Å². The number of hydrogen-bond acceptors (Lipinski definition) is 8. The number of halogens is 4. The molecule has 4 aromatic carbocycles. The van der Waals surface area contributed by atoms with Crippen molar-refractivity contribution in [3.8, 4) is 45.5 Å². The highest BCUT2D eigenvalue weighted by atomic mass is 19.3. The first kappa shape index (κ1) is 28.6. The number of oxazole rings is 2. The molecule has 0 amide bonds. The van der Waals surface area contributed by atoms with Gasteiger partial charge < -0.3 is 18.3 Å². The Balaban J connectivity index is 1.41. The Bertz CT molecular complexity index is 1920. The van der Waals surface area contributed by atoms with Crippen molar-refractivity contribution in [2.45, 2.75) is 27.1 Å². The van der Waals surface area contributed by atoms with Crippen LogP contribution in [0.1, 0.15) is 31.8 Å². The van der Waals surface area contributed by atoms with E-state index in [9.17, 15) is 27.2 Å². The molecule has 0 saturated heterocycles. The predicted molar refractivity (Wildman–Crippen MR) is 151 cm³/mol. The standard InChI is InChI=1S/C32H20F4N2O6/c1-15-19(5-3-7-21(15)29-37-23-9-17(13-39)25(43-31(33)34)11-27(23)41-29)20-6-4-8-22(16(20)2)30-38-24-10-18(14-40)26(44-32(35)36)12-28(24)42-30/h3-14,31-32H,1-2H3. The van der Waals surface area contributed by atoms with Gasteiger partial charge in [0.05, 0.1) is 11.1 Å². The maximum Gasteiger partial charge on any atom is 0.387 e. The fourth-order valence-electron chi connectivity index (χ4n) is 5.07. The first-order valence-corrected chi connectivity index (χ1v) is 13.1. The number of nitrogens with zero attached hydrogens (tertiary/aromatic N) is 2. The van der Waals surface area contributed by atoms with Crippen LogP contribution in [0.4, 0.5) is 17.6 Å². The molecule has 0 aliphatic rings. The minimum Gasteiger partial charge on any atom is -0.436 e. The van der Waals surface area contributed by atoms with Crippen molar-refractivity contribution in [3.05, 3.63) is 82.9 Å². The van der Waals surface area contributed by atoms with Gasteiger partial charge in [-0.25, -0.2) is 9.97 Å². The summed E-state index contributed by atoms with van der Waals surface area (Å²) in [5.41, 5.74) is 5.24. The number of carbonyl (C=O) groups is 2. The van der Waals surface area contributed by atoms with Crippen LogP contribution in [0.15, 0.2) is 69.5 Å². The van der Waals surface area contributed by atoms with Crippen LogP contribution in [0.3, 0.4) is 0 Å². The van der Waals surface area contributed by atoms with E-state index in [2.05, 4.69) is 19.4 Å². The molecule has 8 nitrogen and oxygen atoms in total. The van der Waals surface area contributed by atoms with Gasteiger partial charge in [-0.05, 0) is 60.4 Å². The van der Waals surface area contributed by atoms with E-state index in [-0.39, 0.29) is 45.6 Å². The Morgan fingerprint density at radius 3 is 1.39 bits per heavy atom. The average Bonchev–Trinajstić information content (AvgIpc) is 3.59. The fourth-order valence-corrected chi connectivity index (χ4v) is 5.07. The van der Waals surface area contributed by atoms with Crippen LogP contribution >= 0.6 is 0 Å². The molecule has 0 radical (unpaired) electrons. The van der Waals surface area contributed by atoms with E-state index >= 15 is 0 Å². The minimum absolute atomic E-state index is 0.0880. The molecule has 6 aromatic rings.